The first-order valence-electron chi connectivity index (χ1n) is 20.3. The van der Waals surface area contributed by atoms with Crippen LogP contribution in [0.1, 0.15) is 107 Å². The molecule has 0 heterocycles. The third-order valence-corrected chi connectivity index (χ3v) is 9.01. The zero-order chi connectivity index (χ0) is 51.1. The van der Waals surface area contributed by atoms with Gasteiger partial charge in [-0.1, -0.05) is 55.4 Å². The number of nitrogens with one attached hydrogen (secondary N) is 4. The summed E-state index contributed by atoms with van der Waals surface area (Å²) in [5, 5.41) is 124. The molecular weight excluding hydrogens is 953 g/mol. The molecule has 0 aromatic rings. The molecule has 27 heteroatoms. The minimum absolute atomic E-state index is 0. The molecule has 0 saturated carbocycles. The predicted octanol–water partition coefficient (Wildman–Crippen LogP) is -9.54. The van der Waals surface area contributed by atoms with Crippen molar-refractivity contribution in [2.24, 2.45) is 21.7 Å². The number of carboxylic acid groups (broad SMARTS) is 4. The Kier molecular flexibility index (Phi) is 49.2. The maximum atomic E-state index is 11.4. The summed E-state index contributed by atoms with van der Waals surface area (Å²) >= 11 is 0. The molecule has 4 unspecified atom stereocenters. The second kappa shape index (κ2) is 41.7. The molecular formula is C40H74Ca2N4O21. The van der Waals surface area contributed by atoms with Gasteiger partial charge in [-0.3, -0.25) is 19.2 Å². The Bertz CT molecular complexity index is 1230. The normalized spacial score (nSPS) is 12.7. The first kappa shape index (κ1) is 79.1. The number of hydrogen-bond donors (Lipinski definition) is 12. The molecule has 67 heavy (non-hydrogen) atoms. The molecule has 4 atom stereocenters. The van der Waals surface area contributed by atoms with Crippen molar-refractivity contribution < 1.29 is 105 Å². The van der Waals surface area contributed by atoms with Gasteiger partial charge in [-0.2, -0.15) is 0 Å². The fourth-order valence-corrected chi connectivity index (χ4v) is 3.93. The number of carboxylic acids is 4. The minimum atomic E-state index is -1.32. The fourth-order valence-electron chi connectivity index (χ4n) is 3.93. The Morgan fingerprint density at radius 2 is 0.507 bits per heavy atom. The standard InChI is InChI=1S/4C10H19NO5.2Ca.H2O/c4*1-10(2,6-12)8(15)9(16)11-5-3-4-7(13)14;;;/h4*8,12,15H,3-6H2,1-2H3,(H,11,16)(H,13,14);;;1H2/q;;;;2*+2;/p-4. The van der Waals surface area contributed by atoms with Gasteiger partial charge >= 0.3 is 75.5 Å². The summed E-state index contributed by atoms with van der Waals surface area (Å²) in [5.41, 5.74) is -3.67. The van der Waals surface area contributed by atoms with E-state index in [1.54, 1.807) is 55.4 Å². The van der Waals surface area contributed by atoms with Gasteiger partial charge in [0.2, 0.25) is 23.6 Å². The van der Waals surface area contributed by atoms with Crippen LogP contribution >= 0.6 is 0 Å². The summed E-state index contributed by atoms with van der Waals surface area (Å²) in [4.78, 5) is 85.7. The zero-order valence-electron chi connectivity index (χ0n) is 40.0. The number of aliphatic hydroxyl groups excluding tert-OH is 8. The molecule has 14 N–H and O–H groups in total. The van der Waals surface area contributed by atoms with Crippen molar-refractivity contribution in [1.29, 1.82) is 0 Å². The van der Waals surface area contributed by atoms with Crippen molar-refractivity contribution in [1.82, 2.24) is 21.3 Å². The van der Waals surface area contributed by atoms with Crippen LogP contribution in [0.15, 0.2) is 0 Å². The van der Waals surface area contributed by atoms with Crippen molar-refractivity contribution in [2.75, 3.05) is 52.6 Å². The number of rotatable bonds is 28. The molecule has 0 saturated heterocycles. The molecule has 25 nitrogen and oxygen atoms in total. The van der Waals surface area contributed by atoms with Gasteiger partial charge in [0.15, 0.2) is 0 Å². The summed E-state index contributed by atoms with van der Waals surface area (Å²) in [7, 11) is 0. The fraction of sp³-hybridized carbons (Fsp3) is 0.800. The summed E-state index contributed by atoms with van der Waals surface area (Å²) in [5.74, 6) is -7.16. The van der Waals surface area contributed by atoms with E-state index in [2.05, 4.69) is 21.3 Å². The molecule has 0 aromatic carbocycles. The van der Waals surface area contributed by atoms with Crippen molar-refractivity contribution in [3.8, 4) is 0 Å². The minimum Gasteiger partial charge on any atom is -0.550 e. The van der Waals surface area contributed by atoms with E-state index in [0.29, 0.717) is 0 Å². The van der Waals surface area contributed by atoms with E-state index in [-0.39, 0.29) is 185 Å². The molecule has 0 bridgehead atoms. The van der Waals surface area contributed by atoms with Gasteiger partial charge in [0.05, 0.1) is 26.4 Å². The van der Waals surface area contributed by atoms with E-state index in [1.807, 2.05) is 0 Å². The SMILES string of the molecule is CC(C)(CO)C(O)C(=O)NCCCC(=O)[O-].CC(C)(CO)C(O)C(=O)NCCCC(=O)[O-].CC(C)(CO)C(O)C(=O)NCCCC(=O)[O-].CC(C)(CO)C(O)C(=O)NCCCC(=O)[O-].O.[Ca+2].[Ca+2]. The van der Waals surface area contributed by atoms with Gasteiger partial charge in [-0.15, -0.1) is 0 Å². The van der Waals surface area contributed by atoms with Crippen LogP contribution in [-0.4, -0.2) is 246 Å². The van der Waals surface area contributed by atoms with Crippen LogP contribution in [0.2, 0.25) is 0 Å². The van der Waals surface area contributed by atoms with Crippen LogP contribution in [0, 0.1) is 21.7 Å². The van der Waals surface area contributed by atoms with Crippen molar-refractivity contribution in [2.45, 2.75) is 131 Å². The van der Waals surface area contributed by atoms with Crippen LogP contribution in [0.3, 0.4) is 0 Å². The molecule has 0 radical (unpaired) electrons. The van der Waals surface area contributed by atoms with E-state index < -0.39 is 93.6 Å². The quantitative estimate of drug-likeness (QED) is 0.0256. The van der Waals surface area contributed by atoms with Gasteiger partial charge in [0, 0.05) is 71.7 Å². The first-order valence-corrected chi connectivity index (χ1v) is 20.3. The first-order chi connectivity index (χ1) is 29.2. The molecule has 0 aliphatic rings. The Morgan fingerprint density at radius 1 is 0.373 bits per heavy atom. The van der Waals surface area contributed by atoms with E-state index in [9.17, 15) is 79.2 Å². The second-order valence-electron chi connectivity index (χ2n) is 17.3. The summed E-state index contributed by atoms with van der Waals surface area (Å²) in [6.45, 7) is 11.8. The molecule has 0 spiro atoms. The van der Waals surface area contributed by atoms with E-state index in [0.717, 1.165) is 0 Å². The molecule has 4 amide bonds. The number of aliphatic hydroxyl groups is 8. The van der Waals surface area contributed by atoms with Crippen LogP contribution in [-0.2, 0) is 38.4 Å². The van der Waals surface area contributed by atoms with E-state index >= 15 is 0 Å². The Labute approximate surface area is 451 Å². The van der Waals surface area contributed by atoms with Crippen LogP contribution in [0.5, 0.6) is 0 Å². The number of carbonyl (C=O) groups excluding carboxylic acids is 8. The van der Waals surface area contributed by atoms with Crippen molar-refractivity contribution >= 4 is 123 Å². The van der Waals surface area contributed by atoms with Crippen molar-refractivity contribution in [3.05, 3.63) is 0 Å². The summed E-state index contributed by atoms with van der Waals surface area (Å²) in [6.07, 6.45) is -4.83. The number of aliphatic carboxylic acids is 4. The van der Waals surface area contributed by atoms with E-state index in [1.165, 1.54) is 0 Å². The topological polar surface area (TPSA) is 470 Å². The Balaban J connectivity index is -0.000000141. The summed E-state index contributed by atoms with van der Waals surface area (Å²) in [6, 6.07) is 0. The Hall–Kier alpha value is -2.08. The Morgan fingerprint density at radius 3 is 0.612 bits per heavy atom. The molecule has 384 valence electrons. The van der Waals surface area contributed by atoms with Gasteiger partial charge in [0.25, 0.3) is 0 Å². The smallest absolute Gasteiger partial charge is 0.550 e. The van der Waals surface area contributed by atoms with Gasteiger partial charge in [-0.05, 0) is 51.4 Å². The number of hydrogen-bond acceptors (Lipinski definition) is 20. The number of carbonyl (C=O) groups is 8. The van der Waals surface area contributed by atoms with Gasteiger partial charge in [-0.25, -0.2) is 0 Å². The molecule has 0 rings (SSSR count). The number of amides is 4. The third-order valence-electron chi connectivity index (χ3n) is 9.01. The van der Waals surface area contributed by atoms with Crippen LogP contribution in [0.4, 0.5) is 0 Å². The van der Waals surface area contributed by atoms with Crippen LogP contribution in [0.25, 0.3) is 0 Å². The predicted molar refractivity (Wildman–Crippen MR) is 232 cm³/mol. The van der Waals surface area contributed by atoms with Crippen LogP contribution < -0.4 is 41.7 Å². The largest absolute Gasteiger partial charge is 2.00 e. The monoisotopic (exact) mass is 1030 g/mol. The molecule has 0 fully saturated rings. The maximum Gasteiger partial charge on any atom is 2.00 e. The average molecular weight is 1030 g/mol. The van der Waals surface area contributed by atoms with Gasteiger partial charge < -0.3 is 107 Å². The van der Waals surface area contributed by atoms with Gasteiger partial charge in [0.1, 0.15) is 24.4 Å². The second-order valence-corrected chi connectivity index (χ2v) is 17.3. The molecule has 0 aliphatic heterocycles. The zero-order valence-corrected chi connectivity index (χ0v) is 44.4. The van der Waals surface area contributed by atoms with Crippen molar-refractivity contribution in [3.63, 3.8) is 0 Å². The average Bonchev–Trinajstić information content (AvgIpc) is 3.22. The molecule has 0 aliphatic carbocycles. The summed E-state index contributed by atoms with van der Waals surface area (Å²) < 4.78 is 0. The van der Waals surface area contributed by atoms with E-state index in [4.69, 9.17) is 20.4 Å². The third kappa shape index (κ3) is 40.4. The molecule has 0 aromatic heterocycles. The maximum absolute atomic E-state index is 11.4.